The van der Waals surface area contributed by atoms with Gasteiger partial charge in [0.1, 0.15) is 5.58 Å². The van der Waals surface area contributed by atoms with E-state index in [0.717, 1.165) is 66.9 Å². The molecule has 1 radical (unpaired) electrons. The van der Waals surface area contributed by atoms with Gasteiger partial charge in [-0.2, -0.15) is 0 Å². The second-order valence-corrected chi connectivity index (χ2v) is 19.7. The Morgan fingerprint density at radius 2 is 1.43 bits per heavy atom. The number of imidazole rings is 1. The van der Waals surface area contributed by atoms with E-state index >= 15 is 0 Å². The number of furan rings is 1. The first-order valence-corrected chi connectivity index (χ1v) is 21.7. The quantitative estimate of drug-likeness (QED) is 0.123. The van der Waals surface area contributed by atoms with Gasteiger partial charge in [0.05, 0.1) is 30.5 Å². The van der Waals surface area contributed by atoms with Gasteiger partial charge in [0.2, 0.25) is 0 Å². The molecule has 0 aliphatic carbocycles. The number of hydrogen-bond donors (Lipinski definition) is 0. The minimum atomic E-state index is -1.34. The van der Waals surface area contributed by atoms with Crippen molar-refractivity contribution in [2.75, 3.05) is 0 Å². The standard InChI is InChI=1S/C31H19N2O.C17H22NSi.Ir/c1-2-10-21(11-3-1)22-12-8-13-23(20-22)33-28-18-6-5-17-27(28)32-31(33)26-16-9-15-25-24-14-4-7-19-29(24)34-30(25)26;1-13(2)15-11-16(14-9-7-6-8-10-14)18-12-17(15)19(3,4)5;/h1-15,17-20H;6-9,11-13H,1-5H3;/q2*-1;. The summed E-state index contributed by atoms with van der Waals surface area (Å²) in [7, 11) is -1.34. The van der Waals surface area contributed by atoms with Crippen LogP contribution < -0.4 is 5.19 Å². The van der Waals surface area contributed by atoms with Crippen molar-refractivity contribution in [3.8, 4) is 39.5 Å². The van der Waals surface area contributed by atoms with Gasteiger partial charge in [-0.05, 0) is 58.3 Å². The average molecular weight is 896 g/mol. The maximum absolute atomic E-state index is 6.33. The topological polar surface area (TPSA) is 43.9 Å². The molecule has 3 heterocycles. The summed E-state index contributed by atoms with van der Waals surface area (Å²) in [5, 5.41) is 3.64. The van der Waals surface area contributed by atoms with Crippen molar-refractivity contribution >= 4 is 46.2 Å². The molecular weight excluding hydrogens is 855 g/mol. The van der Waals surface area contributed by atoms with Gasteiger partial charge in [-0.25, -0.2) is 0 Å². The molecule has 269 valence electrons. The van der Waals surface area contributed by atoms with Gasteiger partial charge in [0, 0.05) is 37.4 Å². The largest absolute Gasteiger partial charge is 0.501 e. The molecule has 0 aliphatic rings. The average Bonchev–Trinajstić information content (AvgIpc) is 3.77. The van der Waals surface area contributed by atoms with Crippen molar-refractivity contribution in [2.24, 2.45) is 0 Å². The van der Waals surface area contributed by atoms with Gasteiger partial charge in [-0.1, -0.05) is 129 Å². The van der Waals surface area contributed by atoms with Crippen LogP contribution in [0.5, 0.6) is 0 Å². The minimum Gasteiger partial charge on any atom is -0.501 e. The number of benzene rings is 6. The molecular formula is C48H41IrN3OSi-2. The van der Waals surface area contributed by atoms with Crippen LogP contribution in [0.15, 0.2) is 156 Å². The molecule has 0 amide bonds. The maximum Gasteiger partial charge on any atom is 0.120 e. The van der Waals surface area contributed by atoms with Crippen molar-refractivity contribution in [2.45, 2.75) is 39.4 Å². The molecule has 0 saturated heterocycles. The van der Waals surface area contributed by atoms with Crippen molar-refractivity contribution in [3.63, 3.8) is 0 Å². The summed E-state index contributed by atoms with van der Waals surface area (Å²) in [5.41, 5.74) is 11.5. The summed E-state index contributed by atoms with van der Waals surface area (Å²) in [5.74, 6) is 1.35. The Balaban J connectivity index is 0.000000193. The van der Waals surface area contributed by atoms with E-state index in [1.807, 2.05) is 54.6 Å². The predicted octanol–water partition coefficient (Wildman–Crippen LogP) is 12.3. The van der Waals surface area contributed by atoms with Gasteiger partial charge in [0.25, 0.3) is 0 Å². The molecule has 3 aromatic heterocycles. The zero-order valence-electron chi connectivity index (χ0n) is 31.1. The van der Waals surface area contributed by atoms with Crippen LogP contribution in [0.3, 0.4) is 0 Å². The summed E-state index contributed by atoms with van der Waals surface area (Å²) in [4.78, 5) is 9.72. The van der Waals surface area contributed by atoms with E-state index in [4.69, 9.17) is 9.40 Å². The van der Waals surface area contributed by atoms with Crippen molar-refractivity contribution in [1.29, 1.82) is 0 Å². The number of pyridine rings is 1. The van der Waals surface area contributed by atoms with Crippen LogP contribution in [-0.2, 0) is 20.1 Å². The Hall–Kier alpha value is -5.39. The fraction of sp³-hybridized carbons (Fsp3) is 0.125. The van der Waals surface area contributed by atoms with Crippen LogP contribution in [0.25, 0.3) is 72.4 Å². The summed E-state index contributed by atoms with van der Waals surface area (Å²) in [6.45, 7) is 11.7. The first-order chi connectivity index (χ1) is 25.8. The van der Waals surface area contributed by atoms with Crippen molar-refractivity contribution < 1.29 is 24.5 Å². The number of hydrogen-bond acceptors (Lipinski definition) is 3. The Labute approximate surface area is 331 Å². The van der Waals surface area contributed by atoms with E-state index < -0.39 is 8.07 Å². The Morgan fingerprint density at radius 3 is 2.20 bits per heavy atom. The van der Waals surface area contributed by atoms with Crippen LogP contribution in [0.4, 0.5) is 0 Å². The van der Waals surface area contributed by atoms with E-state index in [1.165, 1.54) is 16.3 Å². The van der Waals surface area contributed by atoms with E-state index in [-0.39, 0.29) is 20.1 Å². The van der Waals surface area contributed by atoms with Crippen molar-refractivity contribution in [1.82, 2.24) is 14.5 Å². The molecule has 54 heavy (non-hydrogen) atoms. The molecule has 9 aromatic rings. The van der Waals surface area contributed by atoms with Crippen LogP contribution in [-0.4, -0.2) is 22.6 Å². The molecule has 0 fully saturated rings. The third-order valence-electron chi connectivity index (χ3n) is 9.69. The van der Waals surface area contributed by atoms with E-state index in [0.29, 0.717) is 5.92 Å². The van der Waals surface area contributed by atoms with Crippen molar-refractivity contribution in [3.05, 3.63) is 169 Å². The summed E-state index contributed by atoms with van der Waals surface area (Å²) >= 11 is 0. The Bertz CT molecular complexity index is 2690. The Kier molecular flexibility index (Phi) is 10.6. The van der Waals surface area contributed by atoms with Crippen LogP contribution in [0.1, 0.15) is 25.3 Å². The maximum atomic E-state index is 6.33. The number of para-hydroxylation sites is 3. The van der Waals surface area contributed by atoms with Crippen LogP contribution >= 0.6 is 0 Å². The molecule has 4 nitrogen and oxygen atoms in total. The fourth-order valence-electron chi connectivity index (χ4n) is 7.04. The SMILES string of the molecule is CC(C)c1cc(-c2[c-]cccc2)ncc1[Si](C)(C)C.[Ir].[c-]1ccc2c(oc3ccccc32)c1-c1nc2ccccc2n1-c1cccc(-c2ccccc2)c1. The van der Waals surface area contributed by atoms with Gasteiger partial charge in [-0.3, -0.25) is 4.98 Å². The Morgan fingerprint density at radius 1 is 0.685 bits per heavy atom. The molecule has 0 N–H and O–H groups in total. The summed E-state index contributed by atoms with van der Waals surface area (Å²) < 4.78 is 8.54. The molecule has 0 bridgehead atoms. The first kappa shape index (κ1) is 36.9. The first-order valence-electron chi connectivity index (χ1n) is 18.2. The number of rotatable bonds is 6. The molecule has 0 spiro atoms. The minimum absolute atomic E-state index is 0. The normalized spacial score (nSPS) is 11.4. The van der Waals surface area contributed by atoms with Gasteiger partial charge in [0.15, 0.2) is 0 Å². The number of aromatic nitrogens is 3. The van der Waals surface area contributed by atoms with E-state index in [1.54, 1.807) is 0 Å². The predicted molar refractivity (Wildman–Crippen MR) is 224 cm³/mol. The summed E-state index contributed by atoms with van der Waals surface area (Å²) in [6.07, 6.45) is 2.09. The number of nitrogens with zero attached hydrogens (tertiary/aromatic N) is 3. The molecule has 0 atom stereocenters. The monoisotopic (exact) mass is 896 g/mol. The van der Waals surface area contributed by atoms with E-state index in [2.05, 4.69) is 152 Å². The van der Waals surface area contributed by atoms with Gasteiger partial charge < -0.3 is 14.0 Å². The number of fused-ring (bicyclic) bond motifs is 4. The second kappa shape index (κ2) is 15.5. The fourth-order valence-corrected chi connectivity index (χ4v) is 8.72. The van der Waals surface area contributed by atoms with E-state index in [9.17, 15) is 0 Å². The molecule has 0 saturated carbocycles. The van der Waals surface area contributed by atoms with Crippen LogP contribution in [0, 0.1) is 12.1 Å². The van der Waals surface area contributed by atoms with Gasteiger partial charge in [-0.15, -0.1) is 54.1 Å². The van der Waals surface area contributed by atoms with Gasteiger partial charge >= 0.3 is 0 Å². The molecule has 0 unspecified atom stereocenters. The molecule has 6 heteroatoms. The third kappa shape index (κ3) is 7.25. The zero-order chi connectivity index (χ0) is 36.5. The van der Waals surface area contributed by atoms with Crippen LogP contribution in [0.2, 0.25) is 19.6 Å². The molecule has 0 aliphatic heterocycles. The third-order valence-corrected chi connectivity index (χ3v) is 11.7. The smallest absolute Gasteiger partial charge is 0.120 e. The summed E-state index contributed by atoms with van der Waals surface area (Å²) in [6, 6.07) is 56.4. The second-order valence-electron chi connectivity index (χ2n) is 14.7. The molecule has 6 aromatic carbocycles. The zero-order valence-corrected chi connectivity index (χ0v) is 34.5. The molecule has 9 rings (SSSR count).